The molecule has 0 radical (unpaired) electrons. The predicted octanol–water partition coefficient (Wildman–Crippen LogP) is 2.10. The van der Waals surface area contributed by atoms with E-state index in [0.717, 1.165) is 32.5 Å². The molecule has 0 bridgehead atoms. The van der Waals surface area contributed by atoms with Gasteiger partial charge in [-0.2, -0.15) is 4.98 Å². The van der Waals surface area contributed by atoms with Gasteiger partial charge in [-0.3, -0.25) is 4.79 Å². The average molecular weight is 282 g/mol. The number of aromatic nitrogens is 2. The van der Waals surface area contributed by atoms with Crippen LogP contribution >= 0.6 is 0 Å². The van der Waals surface area contributed by atoms with E-state index in [1.165, 1.54) is 0 Å². The molecule has 0 amide bonds. The fourth-order valence-electron chi connectivity index (χ4n) is 2.37. The molecule has 2 unspecified atom stereocenters. The Labute approximate surface area is 118 Å². The SMILES string of the molecule is CCCC(C(=O)OCC)c1nc(CC2CCOC2)no1. The Hall–Kier alpha value is -1.43. The number of hydrogen-bond acceptors (Lipinski definition) is 6. The first-order valence-electron chi connectivity index (χ1n) is 7.31. The summed E-state index contributed by atoms with van der Waals surface area (Å²) in [6.45, 7) is 5.72. The van der Waals surface area contributed by atoms with Crippen molar-refractivity contribution in [2.75, 3.05) is 19.8 Å². The summed E-state index contributed by atoms with van der Waals surface area (Å²) in [5.41, 5.74) is 0. The van der Waals surface area contributed by atoms with E-state index >= 15 is 0 Å². The summed E-state index contributed by atoms with van der Waals surface area (Å²) in [5.74, 6) is 0.752. The lowest BCUT2D eigenvalue weighted by atomic mass is 10.0. The topological polar surface area (TPSA) is 74.5 Å². The molecule has 0 N–H and O–H groups in total. The summed E-state index contributed by atoms with van der Waals surface area (Å²) in [4.78, 5) is 16.3. The van der Waals surface area contributed by atoms with Gasteiger partial charge in [0.1, 0.15) is 5.92 Å². The molecule has 2 rings (SSSR count). The molecule has 1 aliphatic heterocycles. The van der Waals surface area contributed by atoms with Gasteiger partial charge in [-0.05, 0) is 25.7 Å². The van der Waals surface area contributed by atoms with Gasteiger partial charge in [-0.1, -0.05) is 18.5 Å². The summed E-state index contributed by atoms with van der Waals surface area (Å²) >= 11 is 0. The highest BCUT2D eigenvalue weighted by Crippen LogP contribution is 2.23. The molecule has 1 aliphatic rings. The van der Waals surface area contributed by atoms with Crippen LogP contribution in [0.5, 0.6) is 0 Å². The van der Waals surface area contributed by atoms with Gasteiger partial charge in [0.05, 0.1) is 6.61 Å². The Morgan fingerprint density at radius 3 is 3.00 bits per heavy atom. The van der Waals surface area contributed by atoms with Crippen LogP contribution in [0.4, 0.5) is 0 Å². The molecule has 1 aromatic heterocycles. The number of nitrogens with zero attached hydrogens (tertiary/aromatic N) is 2. The standard InChI is InChI=1S/C14H22N2O4/c1-3-5-11(14(17)19-4-2)13-15-12(16-20-13)8-10-6-7-18-9-10/h10-11H,3-9H2,1-2H3. The summed E-state index contributed by atoms with van der Waals surface area (Å²) < 4.78 is 15.7. The highest BCUT2D eigenvalue weighted by Gasteiger charge is 2.28. The number of rotatable bonds is 7. The first-order valence-corrected chi connectivity index (χ1v) is 7.31. The third-order valence-corrected chi connectivity index (χ3v) is 3.43. The monoisotopic (exact) mass is 282 g/mol. The van der Waals surface area contributed by atoms with Crippen molar-refractivity contribution in [2.45, 2.75) is 45.4 Å². The van der Waals surface area contributed by atoms with Crippen molar-refractivity contribution in [3.63, 3.8) is 0 Å². The molecule has 6 nitrogen and oxygen atoms in total. The number of ether oxygens (including phenoxy) is 2. The first-order chi connectivity index (χ1) is 9.74. The van der Waals surface area contributed by atoms with Crippen LogP contribution in [0.2, 0.25) is 0 Å². The van der Waals surface area contributed by atoms with Crippen LogP contribution in [0, 0.1) is 5.92 Å². The minimum absolute atomic E-state index is 0.284. The van der Waals surface area contributed by atoms with Gasteiger partial charge in [0.2, 0.25) is 5.89 Å². The highest BCUT2D eigenvalue weighted by molar-refractivity contribution is 5.76. The quantitative estimate of drug-likeness (QED) is 0.713. The predicted molar refractivity (Wildman–Crippen MR) is 71.2 cm³/mol. The van der Waals surface area contributed by atoms with E-state index < -0.39 is 5.92 Å². The average Bonchev–Trinajstić information content (AvgIpc) is 3.08. The van der Waals surface area contributed by atoms with E-state index in [-0.39, 0.29) is 5.97 Å². The normalized spacial score (nSPS) is 20.0. The van der Waals surface area contributed by atoms with Crippen LogP contribution in [-0.4, -0.2) is 35.9 Å². The van der Waals surface area contributed by atoms with Crippen molar-refractivity contribution in [3.05, 3.63) is 11.7 Å². The van der Waals surface area contributed by atoms with Crippen LogP contribution in [-0.2, 0) is 20.7 Å². The van der Waals surface area contributed by atoms with Gasteiger partial charge in [0.15, 0.2) is 5.82 Å². The van der Waals surface area contributed by atoms with Gasteiger partial charge in [-0.15, -0.1) is 0 Å². The van der Waals surface area contributed by atoms with Crippen molar-refractivity contribution in [1.82, 2.24) is 10.1 Å². The smallest absolute Gasteiger partial charge is 0.318 e. The lowest BCUT2D eigenvalue weighted by Gasteiger charge is -2.09. The Morgan fingerprint density at radius 2 is 2.35 bits per heavy atom. The van der Waals surface area contributed by atoms with Crippen molar-refractivity contribution in [3.8, 4) is 0 Å². The third-order valence-electron chi connectivity index (χ3n) is 3.43. The number of carbonyl (C=O) groups is 1. The van der Waals surface area contributed by atoms with Crippen molar-refractivity contribution in [2.24, 2.45) is 5.92 Å². The number of hydrogen-bond donors (Lipinski definition) is 0. The molecule has 1 fully saturated rings. The largest absolute Gasteiger partial charge is 0.465 e. The van der Waals surface area contributed by atoms with E-state index in [1.54, 1.807) is 6.92 Å². The maximum atomic E-state index is 11.9. The second-order valence-corrected chi connectivity index (χ2v) is 5.08. The molecule has 0 aromatic carbocycles. The Balaban J connectivity index is 2.01. The summed E-state index contributed by atoms with van der Waals surface area (Å²) in [5, 5.41) is 3.98. The van der Waals surface area contributed by atoms with Crippen molar-refractivity contribution >= 4 is 5.97 Å². The molecule has 1 aromatic rings. The fourth-order valence-corrected chi connectivity index (χ4v) is 2.37. The van der Waals surface area contributed by atoms with Gasteiger partial charge in [-0.25, -0.2) is 0 Å². The summed E-state index contributed by atoms with van der Waals surface area (Å²) in [7, 11) is 0. The molecule has 20 heavy (non-hydrogen) atoms. The van der Waals surface area contributed by atoms with E-state index in [9.17, 15) is 4.79 Å². The van der Waals surface area contributed by atoms with E-state index in [0.29, 0.717) is 30.7 Å². The van der Waals surface area contributed by atoms with Gasteiger partial charge in [0.25, 0.3) is 0 Å². The Morgan fingerprint density at radius 1 is 1.50 bits per heavy atom. The fraction of sp³-hybridized carbons (Fsp3) is 0.786. The maximum Gasteiger partial charge on any atom is 0.318 e. The van der Waals surface area contributed by atoms with Crippen LogP contribution in [0.1, 0.15) is 50.7 Å². The maximum absolute atomic E-state index is 11.9. The lowest BCUT2D eigenvalue weighted by Crippen LogP contribution is -2.16. The zero-order valence-corrected chi connectivity index (χ0v) is 12.1. The molecular formula is C14H22N2O4. The molecule has 6 heteroatoms. The second-order valence-electron chi connectivity index (χ2n) is 5.08. The molecule has 0 aliphatic carbocycles. The Kier molecular flexibility index (Phi) is 5.52. The second kappa shape index (κ2) is 7.38. The summed E-state index contributed by atoms with van der Waals surface area (Å²) in [6.07, 6.45) is 3.29. The number of esters is 1. The van der Waals surface area contributed by atoms with Crippen LogP contribution < -0.4 is 0 Å². The van der Waals surface area contributed by atoms with Crippen LogP contribution in [0.3, 0.4) is 0 Å². The van der Waals surface area contributed by atoms with E-state index in [4.69, 9.17) is 14.0 Å². The lowest BCUT2D eigenvalue weighted by molar-refractivity contribution is -0.145. The highest BCUT2D eigenvalue weighted by atomic mass is 16.5. The summed E-state index contributed by atoms with van der Waals surface area (Å²) in [6, 6.07) is 0. The molecule has 1 saturated heterocycles. The zero-order valence-electron chi connectivity index (χ0n) is 12.1. The third kappa shape index (κ3) is 3.79. The molecular weight excluding hydrogens is 260 g/mol. The van der Waals surface area contributed by atoms with Crippen LogP contribution in [0.25, 0.3) is 0 Å². The molecule has 0 saturated carbocycles. The van der Waals surface area contributed by atoms with Gasteiger partial charge >= 0.3 is 5.97 Å². The minimum atomic E-state index is -0.443. The first kappa shape index (κ1) is 15.0. The van der Waals surface area contributed by atoms with Crippen molar-refractivity contribution < 1.29 is 18.8 Å². The molecule has 2 heterocycles. The molecule has 0 spiro atoms. The van der Waals surface area contributed by atoms with Gasteiger partial charge < -0.3 is 14.0 Å². The van der Waals surface area contributed by atoms with Crippen molar-refractivity contribution in [1.29, 1.82) is 0 Å². The minimum Gasteiger partial charge on any atom is -0.465 e. The number of carbonyl (C=O) groups excluding carboxylic acids is 1. The van der Waals surface area contributed by atoms with Gasteiger partial charge in [0, 0.05) is 19.6 Å². The zero-order chi connectivity index (χ0) is 14.4. The Bertz CT molecular complexity index is 427. The molecule has 2 atom stereocenters. The van der Waals surface area contributed by atoms with Crippen LogP contribution in [0.15, 0.2) is 4.52 Å². The molecule has 112 valence electrons. The van der Waals surface area contributed by atoms with E-state index in [1.807, 2.05) is 6.92 Å². The van der Waals surface area contributed by atoms with E-state index in [2.05, 4.69) is 10.1 Å².